The molecule has 6 nitrogen and oxygen atoms in total. The van der Waals surface area contributed by atoms with Gasteiger partial charge in [-0.1, -0.05) is 20.8 Å². The van der Waals surface area contributed by atoms with E-state index in [4.69, 9.17) is 0 Å². The van der Waals surface area contributed by atoms with Gasteiger partial charge < -0.3 is 0 Å². The van der Waals surface area contributed by atoms with Gasteiger partial charge in [-0.05, 0) is 24.2 Å². The molecule has 0 unspecified atom stereocenters. The van der Waals surface area contributed by atoms with Gasteiger partial charge in [0.05, 0.1) is 0 Å². The standard InChI is InChI=1S/C17H22N2O4/c1-12(11-19-15(22)6-7-16(19)23)10-17(2,3)8-9-18-13(20)4-5-14(18)21/h4-7,12H,8-11H2,1-3H3/t12-/m0/s1. The molecular weight excluding hydrogens is 296 g/mol. The Kier molecular flexibility index (Phi) is 4.82. The fourth-order valence-corrected chi connectivity index (χ4v) is 3.10. The molecule has 2 aliphatic heterocycles. The van der Waals surface area contributed by atoms with Gasteiger partial charge in [0.2, 0.25) is 0 Å². The molecule has 2 heterocycles. The lowest BCUT2D eigenvalue weighted by atomic mass is 9.80. The fourth-order valence-electron chi connectivity index (χ4n) is 3.10. The van der Waals surface area contributed by atoms with Crippen LogP contribution in [-0.2, 0) is 19.2 Å². The quantitative estimate of drug-likeness (QED) is 0.663. The molecule has 23 heavy (non-hydrogen) atoms. The van der Waals surface area contributed by atoms with Crippen LogP contribution in [0.2, 0.25) is 0 Å². The second-order valence-electron chi connectivity index (χ2n) is 7.01. The highest BCUT2D eigenvalue weighted by Gasteiger charge is 2.30. The van der Waals surface area contributed by atoms with Crippen LogP contribution in [-0.4, -0.2) is 46.5 Å². The Labute approximate surface area is 135 Å². The highest BCUT2D eigenvalue weighted by atomic mass is 16.2. The van der Waals surface area contributed by atoms with E-state index in [9.17, 15) is 19.2 Å². The van der Waals surface area contributed by atoms with Crippen molar-refractivity contribution in [1.82, 2.24) is 9.80 Å². The van der Waals surface area contributed by atoms with Crippen molar-refractivity contribution in [2.24, 2.45) is 11.3 Å². The zero-order valence-corrected chi connectivity index (χ0v) is 13.7. The van der Waals surface area contributed by atoms with Gasteiger partial charge in [0.1, 0.15) is 0 Å². The lowest BCUT2D eigenvalue weighted by Gasteiger charge is -2.31. The number of hydrogen-bond acceptors (Lipinski definition) is 4. The maximum atomic E-state index is 11.6. The molecule has 0 fully saturated rings. The van der Waals surface area contributed by atoms with Crippen molar-refractivity contribution >= 4 is 23.6 Å². The van der Waals surface area contributed by atoms with E-state index in [0.29, 0.717) is 19.5 Å². The van der Waals surface area contributed by atoms with Crippen LogP contribution in [0.5, 0.6) is 0 Å². The minimum atomic E-state index is -0.266. The molecule has 2 aliphatic rings. The van der Waals surface area contributed by atoms with Crippen LogP contribution >= 0.6 is 0 Å². The maximum Gasteiger partial charge on any atom is 0.253 e. The highest BCUT2D eigenvalue weighted by molar-refractivity contribution is 6.13. The molecule has 0 N–H and O–H groups in total. The Morgan fingerprint density at radius 2 is 1.30 bits per heavy atom. The van der Waals surface area contributed by atoms with E-state index in [1.807, 2.05) is 6.92 Å². The lowest BCUT2D eigenvalue weighted by Crippen LogP contribution is -2.36. The molecule has 1 atom stereocenters. The van der Waals surface area contributed by atoms with Gasteiger partial charge in [0, 0.05) is 37.4 Å². The number of carbonyl (C=O) groups is 4. The van der Waals surface area contributed by atoms with Crippen molar-refractivity contribution in [2.45, 2.75) is 33.6 Å². The van der Waals surface area contributed by atoms with Gasteiger partial charge in [-0.2, -0.15) is 0 Å². The SMILES string of the molecule is C[C@H](CN1C(=O)C=CC1=O)CC(C)(C)CCN1C(=O)C=CC1=O. The summed E-state index contributed by atoms with van der Waals surface area (Å²) in [5.41, 5.74) is -0.109. The van der Waals surface area contributed by atoms with Gasteiger partial charge in [-0.15, -0.1) is 0 Å². The summed E-state index contributed by atoms with van der Waals surface area (Å²) < 4.78 is 0. The summed E-state index contributed by atoms with van der Waals surface area (Å²) in [6.07, 6.45) is 6.62. The van der Waals surface area contributed by atoms with Gasteiger partial charge in [-0.3, -0.25) is 29.0 Å². The van der Waals surface area contributed by atoms with Gasteiger partial charge >= 0.3 is 0 Å². The van der Waals surface area contributed by atoms with Crippen LogP contribution in [0.4, 0.5) is 0 Å². The van der Waals surface area contributed by atoms with Crippen molar-refractivity contribution < 1.29 is 19.2 Å². The molecule has 0 bridgehead atoms. The van der Waals surface area contributed by atoms with Gasteiger partial charge in [-0.25, -0.2) is 0 Å². The molecule has 6 heteroatoms. The molecule has 0 radical (unpaired) electrons. The number of hydrogen-bond donors (Lipinski definition) is 0. The predicted molar refractivity (Wildman–Crippen MR) is 83.9 cm³/mol. The Balaban J connectivity index is 1.83. The second kappa shape index (κ2) is 6.48. The molecule has 0 aliphatic carbocycles. The first-order chi connectivity index (χ1) is 10.7. The summed E-state index contributed by atoms with van der Waals surface area (Å²) in [7, 11) is 0. The molecule has 0 saturated heterocycles. The predicted octanol–water partition coefficient (Wildman–Crippen LogP) is 1.28. The van der Waals surface area contributed by atoms with Crippen molar-refractivity contribution in [1.29, 1.82) is 0 Å². The highest BCUT2D eigenvalue weighted by Crippen LogP contribution is 2.30. The first-order valence-electron chi connectivity index (χ1n) is 7.77. The van der Waals surface area contributed by atoms with Crippen LogP contribution in [0.25, 0.3) is 0 Å². The van der Waals surface area contributed by atoms with Crippen molar-refractivity contribution in [2.75, 3.05) is 13.1 Å². The van der Waals surface area contributed by atoms with E-state index in [-0.39, 0.29) is 35.0 Å². The number of rotatable bonds is 7. The monoisotopic (exact) mass is 318 g/mol. The summed E-state index contributed by atoms with van der Waals surface area (Å²) in [5, 5.41) is 0. The molecule has 4 amide bonds. The van der Waals surface area contributed by atoms with Crippen LogP contribution in [0.15, 0.2) is 24.3 Å². The van der Waals surface area contributed by atoms with E-state index in [2.05, 4.69) is 13.8 Å². The average molecular weight is 318 g/mol. The zero-order chi connectivity index (χ0) is 17.2. The normalized spacial score (nSPS) is 19.4. The zero-order valence-electron chi connectivity index (χ0n) is 13.7. The van der Waals surface area contributed by atoms with E-state index < -0.39 is 0 Å². The van der Waals surface area contributed by atoms with Gasteiger partial charge in [0.25, 0.3) is 23.6 Å². The molecule has 0 aromatic rings. The molecule has 0 aromatic heterocycles. The summed E-state index contributed by atoms with van der Waals surface area (Å²) in [4.78, 5) is 48.8. The molecule has 0 aromatic carbocycles. The Hall–Kier alpha value is -2.24. The van der Waals surface area contributed by atoms with E-state index in [0.717, 1.165) is 6.42 Å². The minimum absolute atomic E-state index is 0.109. The van der Waals surface area contributed by atoms with E-state index in [1.165, 1.54) is 34.1 Å². The van der Waals surface area contributed by atoms with Crippen molar-refractivity contribution in [3.05, 3.63) is 24.3 Å². The Morgan fingerprint density at radius 1 is 0.870 bits per heavy atom. The van der Waals surface area contributed by atoms with Gasteiger partial charge in [0.15, 0.2) is 0 Å². The molecule has 2 rings (SSSR count). The first-order valence-corrected chi connectivity index (χ1v) is 7.77. The number of carbonyl (C=O) groups excluding carboxylic acids is 4. The van der Waals surface area contributed by atoms with Crippen LogP contribution in [0.3, 0.4) is 0 Å². The van der Waals surface area contributed by atoms with E-state index in [1.54, 1.807) is 0 Å². The number of nitrogens with zero attached hydrogens (tertiary/aromatic N) is 2. The maximum absolute atomic E-state index is 11.6. The summed E-state index contributed by atoms with van der Waals surface area (Å²) >= 11 is 0. The molecular formula is C17H22N2O4. The summed E-state index contributed by atoms with van der Waals surface area (Å²) in [6, 6.07) is 0. The van der Waals surface area contributed by atoms with Crippen LogP contribution in [0, 0.1) is 11.3 Å². The second-order valence-corrected chi connectivity index (χ2v) is 7.01. The molecule has 0 saturated carbocycles. The molecule has 124 valence electrons. The first kappa shape index (κ1) is 17.1. The lowest BCUT2D eigenvalue weighted by molar-refractivity contribution is -0.139. The fraction of sp³-hybridized carbons (Fsp3) is 0.529. The number of imide groups is 2. The van der Waals surface area contributed by atoms with Crippen molar-refractivity contribution in [3.63, 3.8) is 0 Å². The third kappa shape index (κ3) is 4.15. The van der Waals surface area contributed by atoms with Crippen LogP contribution < -0.4 is 0 Å². The van der Waals surface area contributed by atoms with Crippen molar-refractivity contribution in [3.8, 4) is 0 Å². The average Bonchev–Trinajstić information content (AvgIpc) is 2.93. The molecule has 0 spiro atoms. The van der Waals surface area contributed by atoms with E-state index >= 15 is 0 Å². The largest absolute Gasteiger partial charge is 0.275 e. The summed E-state index contributed by atoms with van der Waals surface area (Å²) in [5.74, 6) is -0.921. The smallest absolute Gasteiger partial charge is 0.253 e. The third-order valence-corrected chi connectivity index (χ3v) is 4.21. The Morgan fingerprint density at radius 3 is 1.78 bits per heavy atom. The third-order valence-electron chi connectivity index (χ3n) is 4.21. The minimum Gasteiger partial charge on any atom is -0.275 e. The topological polar surface area (TPSA) is 74.8 Å². The van der Waals surface area contributed by atoms with Crippen LogP contribution in [0.1, 0.15) is 33.6 Å². The number of amides is 4. The Bertz CT molecular complexity index is 568. The summed E-state index contributed by atoms with van der Waals surface area (Å²) in [6.45, 7) is 6.89.